The van der Waals surface area contributed by atoms with Crippen LogP contribution in [0.15, 0.2) is 4.99 Å². The Morgan fingerprint density at radius 3 is 2.82 bits per heavy atom. The van der Waals surface area contributed by atoms with E-state index in [1.807, 2.05) is 0 Å². The third-order valence-corrected chi connectivity index (χ3v) is 3.67. The lowest BCUT2D eigenvalue weighted by atomic mass is 9.80. The molecule has 3 N–H and O–H groups in total. The van der Waals surface area contributed by atoms with E-state index in [0.29, 0.717) is 12.5 Å². The van der Waals surface area contributed by atoms with Crippen LogP contribution in [0.4, 0.5) is 0 Å². The number of nitrogens with one attached hydrogen (secondary N) is 2. The van der Waals surface area contributed by atoms with Crippen LogP contribution in [0.1, 0.15) is 25.7 Å². The molecule has 5 heteroatoms. The molecule has 0 aromatic heterocycles. The quantitative estimate of drug-likeness (QED) is 0.482. The monoisotopic (exact) mass is 241 g/mol. The van der Waals surface area contributed by atoms with Gasteiger partial charge in [0.15, 0.2) is 5.96 Å². The van der Waals surface area contributed by atoms with Crippen molar-refractivity contribution in [1.82, 2.24) is 10.6 Å². The van der Waals surface area contributed by atoms with E-state index in [1.54, 1.807) is 7.05 Å². The lowest BCUT2D eigenvalue weighted by Gasteiger charge is -2.37. The largest absolute Gasteiger partial charge is 0.388 e. The third-order valence-electron chi connectivity index (χ3n) is 3.67. The topological polar surface area (TPSA) is 65.9 Å². The number of rotatable bonds is 4. The maximum absolute atomic E-state index is 9.97. The summed E-state index contributed by atoms with van der Waals surface area (Å²) in [6, 6.07) is 0. The summed E-state index contributed by atoms with van der Waals surface area (Å²) >= 11 is 0. The number of nitrogens with zero attached hydrogens (tertiary/aromatic N) is 1. The van der Waals surface area contributed by atoms with Gasteiger partial charge in [0.1, 0.15) is 0 Å². The molecule has 1 heterocycles. The summed E-state index contributed by atoms with van der Waals surface area (Å²) in [5.41, 5.74) is -0.506. The fraction of sp³-hybridized carbons (Fsp3) is 0.917. The molecule has 98 valence electrons. The minimum Gasteiger partial charge on any atom is -0.388 e. The molecule has 2 fully saturated rings. The molecule has 0 spiro atoms. The van der Waals surface area contributed by atoms with Crippen molar-refractivity contribution in [2.24, 2.45) is 10.9 Å². The Balaban J connectivity index is 1.65. The van der Waals surface area contributed by atoms with Gasteiger partial charge in [-0.1, -0.05) is 0 Å². The summed E-state index contributed by atoms with van der Waals surface area (Å²) in [6.45, 7) is 3.19. The summed E-state index contributed by atoms with van der Waals surface area (Å²) in [7, 11) is 1.76. The molecular formula is C12H23N3O2. The predicted octanol–water partition coefficient (Wildman–Crippen LogP) is 0.103. The fourth-order valence-corrected chi connectivity index (χ4v) is 2.22. The van der Waals surface area contributed by atoms with Crippen LogP contribution in [0.5, 0.6) is 0 Å². The van der Waals surface area contributed by atoms with E-state index in [1.165, 1.54) is 0 Å². The van der Waals surface area contributed by atoms with Gasteiger partial charge in [-0.15, -0.1) is 0 Å². The number of hydrogen-bond acceptors (Lipinski definition) is 3. The Labute approximate surface area is 103 Å². The first-order valence-electron chi connectivity index (χ1n) is 6.46. The average molecular weight is 241 g/mol. The zero-order chi connectivity index (χ0) is 12.1. The Bertz CT molecular complexity index is 271. The van der Waals surface area contributed by atoms with Gasteiger partial charge in [0.2, 0.25) is 0 Å². The van der Waals surface area contributed by atoms with E-state index in [9.17, 15) is 5.11 Å². The van der Waals surface area contributed by atoms with Crippen LogP contribution >= 0.6 is 0 Å². The zero-order valence-corrected chi connectivity index (χ0v) is 10.5. The highest BCUT2D eigenvalue weighted by Crippen LogP contribution is 2.30. The van der Waals surface area contributed by atoms with E-state index in [0.717, 1.165) is 51.4 Å². The molecule has 0 radical (unpaired) electrons. The van der Waals surface area contributed by atoms with E-state index >= 15 is 0 Å². The Hall–Kier alpha value is -0.810. The SMILES string of the molecule is CN=C(NCC1CCOC1)NCC1(O)CCC1. The molecule has 0 aromatic carbocycles. The zero-order valence-electron chi connectivity index (χ0n) is 10.5. The number of hydrogen-bond donors (Lipinski definition) is 3. The highest BCUT2D eigenvalue weighted by atomic mass is 16.5. The van der Waals surface area contributed by atoms with Crippen molar-refractivity contribution in [1.29, 1.82) is 0 Å². The number of aliphatic imine (C=N–C) groups is 1. The van der Waals surface area contributed by atoms with Crippen molar-refractivity contribution in [3.63, 3.8) is 0 Å². The van der Waals surface area contributed by atoms with Gasteiger partial charge in [0.25, 0.3) is 0 Å². The smallest absolute Gasteiger partial charge is 0.191 e. The van der Waals surface area contributed by atoms with Crippen molar-refractivity contribution in [2.75, 3.05) is 33.4 Å². The number of aliphatic hydroxyl groups is 1. The van der Waals surface area contributed by atoms with Gasteiger partial charge in [-0.2, -0.15) is 0 Å². The second-order valence-electron chi connectivity index (χ2n) is 5.11. The van der Waals surface area contributed by atoms with Gasteiger partial charge in [0, 0.05) is 32.7 Å². The van der Waals surface area contributed by atoms with E-state index in [-0.39, 0.29) is 0 Å². The molecule has 1 aliphatic carbocycles. The van der Waals surface area contributed by atoms with Gasteiger partial charge in [0.05, 0.1) is 12.2 Å². The molecule has 1 atom stereocenters. The number of guanidine groups is 1. The first-order chi connectivity index (χ1) is 8.22. The Morgan fingerprint density at radius 1 is 1.47 bits per heavy atom. The summed E-state index contributed by atoms with van der Waals surface area (Å²) in [5.74, 6) is 1.36. The van der Waals surface area contributed by atoms with Crippen LogP contribution < -0.4 is 10.6 Å². The standard InChI is InChI=1S/C12H23N3O2/c1-13-11(14-7-10-3-6-17-8-10)15-9-12(16)4-2-5-12/h10,16H,2-9H2,1H3,(H2,13,14,15). The molecule has 2 rings (SSSR count). The lowest BCUT2D eigenvalue weighted by Crippen LogP contribution is -2.51. The normalized spacial score (nSPS) is 27.6. The van der Waals surface area contributed by atoms with Crippen molar-refractivity contribution >= 4 is 5.96 Å². The van der Waals surface area contributed by atoms with Gasteiger partial charge in [-0.3, -0.25) is 4.99 Å². The minimum atomic E-state index is -0.506. The molecule has 5 nitrogen and oxygen atoms in total. The molecule has 0 bridgehead atoms. The molecule has 0 aromatic rings. The summed E-state index contributed by atoms with van der Waals surface area (Å²) in [6.07, 6.45) is 4.04. The molecule has 1 saturated heterocycles. The lowest BCUT2D eigenvalue weighted by molar-refractivity contribution is -0.0279. The molecule has 1 saturated carbocycles. The molecule has 2 aliphatic rings. The minimum absolute atomic E-state index is 0.506. The van der Waals surface area contributed by atoms with Crippen LogP contribution in [0, 0.1) is 5.92 Å². The van der Waals surface area contributed by atoms with Gasteiger partial charge in [-0.05, 0) is 25.7 Å². The predicted molar refractivity (Wildman–Crippen MR) is 67.1 cm³/mol. The van der Waals surface area contributed by atoms with E-state index in [2.05, 4.69) is 15.6 Å². The van der Waals surface area contributed by atoms with Crippen molar-refractivity contribution in [3.8, 4) is 0 Å². The molecule has 17 heavy (non-hydrogen) atoms. The summed E-state index contributed by atoms with van der Waals surface area (Å²) in [5, 5.41) is 16.4. The first-order valence-corrected chi connectivity index (χ1v) is 6.46. The average Bonchev–Trinajstić information content (AvgIpc) is 2.80. The number of ether oxygens (including phenoxy) is 1. The maximum Gasteiger partial charge on any atom is 0.191 e. The summed E-state index contributed by atoms with van der Waals surface area (Å²) in [4.78, 5) is 4.15. The van der Waals surface area contributed by atoms with Crippen LogP contribution in [-0.2, 0) is 4.74 Å². The van der Waals surface area contributed by atoms with Crippen molar-refractivity contribution < 1.29 is 9.84 Å². The maximum atomic E-state index is 9.97. The van der Waals surface area contributed by atoms with E-state index < -0.39 is 5.60 Å². The van der Waals surface area contributed by atoms with Crippen LogP contribution in [0.3, 0.4) is 0 Å². The molecule has 1 aliphatic heterocycles. The second-order valence-corrected chi connectivity index (χ2v) is 5.11. The molecule has 1 unspecified atom stereocenters. The molecule has 0 amide bonds. The highest BCUT2D eigenvalue weighted by molar-refractivity contribution is 5.79. The first kappa shape index (κ1) is 12.6. The Kier molecular flexibility index (Phi) is 4.23. The second kappa shape index (κ2) is 5.69. The molecular weight excluding hydrogens is 218 g/mol. The fourth-order valence-electron chi connectivity index (χ4n) is 2.22. The van der Waals surface area contributed by atoms with Crippen LogP contribution in [0.25, 0.3) is 0 Å². The summed E-state index contributed by atoms with van der Waals surface area (Å²) < 4.78 is 5.32. The van der Waals surface area contributed by atoms with E-state index in [4.69, 9.17) is 4.74 Å². The Morgan fingerprint density at radius 2 is 2.29 bits per heavy atom. The highest BCUT2D eigenvalue weighted by Gasteiger charge is 2.34. The van der Waals surface area contributed by atoms with Crippen LogP contribution in [0.2, 0.25) is 0 Å². The van der Waals surface area contributed by atoms with Crippen LogP contribution in [-0.4, -0.2) is 50.0 Å². The van der Waals surface area contributed by atoms with Gasteiger partial charge < -0.3 is 20.5 Å². The van der Waals surface area contributed by atoms with Gasteiger partial charge in [-0.25, -0.2) is 0 Å². The van der Waals surface area contributed by atoms with Gasteiger partial charge >= 0.3 is 0 Å². The third kappa shape index (κ3) is 3.57. The van der Waals surface area contributed by atoms with Crippen molar-refractivity contribution in [2.45, 2.75) is 31.3 Å². The van der Waals surface area contributed by atoms with Crippen molar-refractivity contribution in [3.05, 3.63) is 0 Å².